The van der Waals surface area contributed by atoms with Crippen LogP contribution in [0.1, 0.15) is 10.4 Å². The van der Waals surface area contributed by atoms with Crippen LogP contribution in [0.15, 0.2) is 30.3 Å². The van der Waals surface area contributed by atoms with Crippen molar-refractivity contribution in [1.29, 1.82) is 0 Å². The van der Waals surface area contributed by atoms with Gasteiger partial charge in [0.2, 0.25) is 0 Å². The Morgan fingerprint density at radius 3 is 1.64 bits per heavy atom. The van der Waals surface area contributed by atoms with Gasteiger partial charge in [-0.05, 0) is 0 Å². The smallest absolute Gasteiger partial charge is 0.150 e. The van der Waals surface area contributed by atoms with Gasteiger partial charge in [0.1, 0.15) is 6.29 Å². The Hall–Kier alpha value is -0.240. The molecule has 1 aromatic rings. The van der Waals surface area contributed by atoms with Gasteiger partial charge in [0.05, 0.1) is 0 Å². The Morgan fingerprint density at radius 1 is 0.909 bits per heavy atom. The minimum absolute atomic E-state index is 0. The zero-order valence-electron chi connectivity index (χ0n) is 5.60. The molecule has 0 atom stereocenters. The molecule has 0 aliphatic rings. The molecule has 0 aromatic heterocycles. The van der Waals surface area contributed by atoms with Gasteiger partial charge in [-0.25, -0.2) is 0 Å². The SMILES string of the molecule is Cl.Cl.Cl.O=Cc1ccccc1. The van der Waals surface area contributed by atoms with Gasteiger partial charge >= 0.3 is 0 Å². The molecule has 0 bridgehead atoms. The molecule has 0 radical (unpaired) electrons. The third kappa shape index (κ3) is 6.17. The third-order valence-corrected chi connectivity index (χ3v) is 0.936. The lowest BCUT2D eigenvalue weighted by atomic mass is 10.2. The van der Waals surface area contributed by atoms with Crippen molar-refractivity contribution in [2.45, 2.75) is 0 Å². The third-order valence-electron chi connectivity index (χ3n) is 0.936. The summed E-state index contributed by atoms with van der Waals surface area (Å²) in [6.07, 6.45) is 0.833. The van der Waals surface area contributed by atoms with E-state index in [-0.39, 0.29) is 37.2 Å². The maximum Gasteiger partial charge on any atom is 0.150 e. The molecule has 0 N–H and O–H groups in total. The number of benzene rings is 1. The lowest BCUT2D eigenvalue weighted by molar-refractivity contribution is 0.112. The topological polar surface area (TPSA) is 17.1 Å². The maximum absolute atomic E-state index is 10.0. The summed E-state index contributed by atoms with van der Waals surface area (Å²) >= 11 is 0. The fraction of sp³-hybridized carbons (Fsp3) is 0. The second kappa shape index (κ2) is 9.76. The molecule has 0 unspecified atom stereocenters. The molecule has 11 heavy (non-hydrogen) atoms. The first-order valence-corrected chi connectivity index (χ1v) is 2.44. The van der Waals surface area contributed by atoms with E-state index in [4.69, 9.17) is 0 Å². The van der Waals surface area contributed by atoms with E-state index in [2.05, 4.69) is 0 Å². The normalized spacial score (nSPS) is 6.18. The highest BCUT2D eigenvalue weighted by Crippen LogP contribution is 1.91. The Kier molecular flexibility index (Phi) is 15.1. The van der Waals surface area contributed by atoms with Crippen LogP contribution in [-0.4, -0.2) is 6.29 Å². The molecule has 0 fully saturated rings. The van der Waals surface area contributed by atoms with Crippen molar-refractivity contribution in [1.82, 2.24) is 0 Å². The first-order valence-electron chi connectivity index (χ1n) is 2.44. The van der Waals surface area contributed by atoms with E-state index in [9.17, 15) is 4.79 Å². The summed E-state index contributed by atoms with van der Waals surface area (Å²) in [5.74, 6) is 0. The molecule has 0 saturated heterocycles. The van der Waals surface area contributed by atoms with Crippen molar-refractivity contribution in [2.75, 3.05) is 0 Å². The summed E-state index contributed by atoms with van der Waals surface area (Å²) < 4.78 is 0. The number of carbonyl (C=O) groups is 1. The van der Waals surface area contributed by atoms with Crippen LogP contribution < -0.4 is 0 Å². The van der Waals surface area contributed by atoms with Crippen LogP contribution in [0.3, 0.4) is 0 Å². The van der Waals surface area contributed by atoms with Gasteiger partial charge in [0.15, 0.2) is 0 Å². The van der Waals surface area contributed by atoms with Gasteiger partial charge < -0.3 is 0 Å². The average Bonchev–Trinajstić information content (AvgIpc) is 1.90. The largest absolute Gasteiger partial charge is 0.298 e. The first-order chi connectivity index (χ1) is 3.93. The summed E-state index contributed by atoms with van der Waals surface area (Å²) in [6.45, 7) is 0. The van der Waals surface area contributed by atoms with Crippen molar-refractivity contribution in [3.63, 3.8) is 0 Å². The number of carbonyl (C=O) groups excluding carboxylic acids is 1. The highest BCUT2D eigenvalue weighted by atomic mass is 35.5. The van der Waals surface area contributed by atoms with Crippen LogP contribution in [0.5, 0.6) is 0 Å². The van der Waals surface area contributed by atoms with Crippen LogP contribution in [0.4, 0.5) is 0 Å². The summed E-state index contributed by atoms with van der Waals surface area (Å²) in [4.78, 5) is 10.0. The molecule has 0 aliphatic heterocycles. The van der Waals surface area contributed by atoms with Crippen LogP contribution >= 0.6 is 37.2 Å². The number of aldehydes is 1. The lowest BCUT2D eigenvalue weighted by Crippen LogP contribution is -1.73. The number of hydrogen-bond acceptors (Lipinski definition) is 1. The Labute approximate surface area is 84.4 Å². The molecule has 1 aromatic carbocycles. The van der Waals surface area contributed by atoms with E-state index >= 15 is 0 Å². The van der Waals surface area contributed by atoms with Crippen LogP contribution in [0.25, 0.3) is 0 Å². The molecule has 0 saturated carbocycles. The predicted octanol–water partition coefficient (Wildman–Crippen LogP) is 2.76. The van der Waals surface area contributed by atoms with Gasteiger partial charge in [0.25, 0.3) is 0 Å². The van der Waals surface area contributed by atoms with Crippen molar-refractivity contribution < 1.29 is 4.79 Å². The molecule has 4 heteroatoms. The Bertz CT molecular complexity index is 176. The van der Waals surface area contributed by atoms with Crippen molar-refractivity contribution in [2.24, 2.45) is 0 Å². The lowest BCUT2D eigenvalue weighted by Gasteiger charge is -1.81. The van der Waals surface area contributed by atoms with Gasteiger partial charge in [0, 0.05) is 5.56 Å². The average molecular weight is 216 g/mol. The summed E-state index contributed by atoms with van der Waals surface area (Å²) in [7, 11) is 0. The molecule has 0 amide bonds. The molecule has 0 spiro atoms. The highest BCUT2D eigenvalue weighted by molar-refractivity contribution is 5.86. The molecule has 64 valence electrons. The zero-order valence-corrected chi connectivity index (χ0v) is 8.05. The summed E-state index contributed by atoms with van der Waals surface area (Å²) in [5, 5.41) is 0. The maximum atomic E-state index is 10.0. The van der Waals surface area contributed by atoms with E-state index < -0.39 is 0 Å². The zero-order chi connectivity index (χ0) is 5.82. The molecule has 0 heterocycles. The van der Waals surface area contributed by atoms with E-state index in [0.29, 0.717) is 0 Å². The van der Waals surface area contributed by atoms with Gasteiger partial charge in [-0.1, -0.05) is 30.3 Å². The molecule has 1 rings (SSSR count). The minimum atomic E-state index is 0. The molecular formula is C7H9Cl3O. The van der Waals surface area contributed by atoms with Gasteiger partial charge in [-0.15, -0.1) is 37.2 Å². The van der Waals surface area contributed by atoms with E-state index in [0.717, 1.165) is 11.8 Å². The minimum Gasteiger partial charge on any atom is -0.298 e. The summed E-state index contributed by atoms with van der Waals surface area (Å²) in [6, 6.07) is 9.10. The molecule has 1 nitrogen and oxygen atoms in total. The second-order valence-electron chi connectivity index (χ2n) is 1.53. The highest BCUT2D eigenvalue weighted by Gasteiger charge is 1.79. The van der Waals surface area contributed by atoms with Crippen LogP contribution in [0, 0.1) is 0 Å². The quantitative estimate of drug-likeness (QED) is 0.659. The number of hydrogen-bond donors (Lipinski definition) is 0. The standard InChI is InChI=1S/C7H6O.3ClH/c8-6-7-4-2-1-3-5-7;;;/h1-6H;3*1H. The van der Waals surface area contributed by atoms with Crippen LogP contribution in [-0.2, 0) is 0 Å². The van der Waals surface area contributed by atoms with E-state index in [1.54, 1.807) is 12.1 Å². The number of halogens is 3. The molecule has 0 aliphatic carbocycles. The molecular weight excluding hydrogens is 206 g/mol. The Morgan fingerprint density at radius 2 is 1.36 bits per heavy atom. The van der Waals surface area contributed by atoms with Crippen molar-refractivity contribution >= 4 is 43.5 Å². The van der Waals surface area contributed by atoms with Gasteiger partial charge in [-0.2, -0.15) is 0 Å². The van der Waals surface area contributed by atoms with Gasteiger partial charge in [-0.3, -0.25) is 4.79 Å². The predicted molar refractivity (Wildman–Crippen MR) is 53.6 cm³/mol. The van der Waals surface area contributed by atoms with E-state index in [1.165, 1.54) is 0 Å². The summed E-state index contributed by atoms with van der Waals surface area (Å²) in [5.41, 5.74) is 0.729. The van der Waals surface area contributed by atoms with Crippen molar-refractivity contribution in [3.05, 3.63) is 35.9 Å². The van der Waals surface area contributed by atoms with E-state index in [1.807, 2.05) is 18.2 Å². The van der Waals surface area contributed by atoms with Crippen molar-refractivity contribution in [3.8, 4) is 0 Å². The second-order valence-corrected chi connectivity index (χ2v) is 1.53. The fourth-order valence-electron chi connectivity index (χ4n) is 0.532. The monoisotopic (exact) mass is 214 g/mol. The number of rotatable bonds is 1. The van der Waals surface area contributed by atoms with Crippen LogP contribution in [0.2, 0.25) is 0 Å². The Balaban J connectivity index is -0.000000213. The fourth-order valence-corrected chi connectivity index (χ4v) is 0.532. The first kappa shape index (κ1) is 17.0.